The summed E-state index contributed by atoms with van der Waals surface area (Å²) in [4.78, 5) is 20.2. The number of hydrogen-bond donors (Lipinski definition) is 2. The lowest BCUT2D eigenvalue weighted by molar-refractivity contribution is 0.102. The highest BCUT2D eigenvalue weighted by atomic mass is 16.4. The fourth-order valence-corrected chi connectivity index (χ4v) is 2.40. The van der Waals surface area contributed by atoms with Gasteiger partial charge in [-0.15, -0.1) is 0 Å². The highest BCUT2D eigenvalue weighted by Gasteiger charge is 2.09. The third-order valence-corrected chi connectivity index (χ3v) is 3.84. The summed E-state index contributed by atoms with van der Waals surface area (Å²) in [7, 11) is 0. The van der Waals surface area contributed by atoms with E-state index < -0.39 is 0 Å². The Morgan fingerprint density at radius 2 is 1.88 bits per heavy atom. The highest BCUT2D eigenvalue weighted by molar-refractivity contribution is 6.04. The number of carbonyl (C=O) groups is 1. The number of benzene rings is 1. The summed E-state index contributed by atoms with van der Waals surface area (Å²) in [5.41, 5.74) is 2.45. The Kier molecular flexibility index (Phi) is 5.20. The number of amides is 1. The average molecular weight is 336 g/mol. The second kappa shape index (κ2) is 7.72. The molecule has 0 bridgehead atoms. The van der Waals surface area contributed by atoms with Crippen molar-refractivity contribution in [2.45, 2.75) is 26.4 Å². The number of nitrogens with one attached hydrogen (secondary N) is 2. The molecule has 2 aromatic heterocycles. The zero-order valence-corrected chi connectivity index (χ0v) is 14.2. The fourth-order valence-electron chi connectivity index (χ4n) is 2.40. The molecule has 6 heteroatoms. The monoisotopic (exact) mass is 336 g/mol. The van der Waals surface area contributed by atoms with Crippen molar-refractivity contribution in [2.75, 3.05) is 5.32 Å². The third kappa shape index (κ3) is 4.51. The highest BCUT2D eigenvalue weighted by Crippen LogP contribution is 2.17. The van der Waals surface area contributed by atoms with E-state index >= 15 is 0 Å². The summed E-state index contributed by atoms with van der Waals surface area (Å²) in [6, 6.07) is 11.3. The number of nitrogens with zero attached hydrogens (tertiary/aromatic N) is 2. The molecular formula is C19H20N4O2. The van der Waals surface area contributed by atoms with Crippen LogP contribution in [-0.4, -0.2) is 15.9 Å². The van der Waals surface area contributed by atoms with Gasteiger partial charge < -0.3 is 15.1 Å². The van der Waals surface area contributed by atoms with Gasteiger partial charge in [0.15, 0.2) is 0 Å². The first-order valence-electron chi connectivity index (χ1n) is 8.08. The largest absolute Gasteiger partial charge is 0.445 e. The Hall–Kier alpha value is -2.99. The Labute approximate surface area is 146 Å². The predicted octanol–water partition coefficient (Wildman–Crippen LogP) is 3.48. The number of aromatic nitrogens is 2. The lowest BCUT2D eigenvalue weighted by Crippen LogP contribution is -2.18. The molecule has 1 amide bonds. The minimum Gasteiger partial charge on any atom is -0.445 e. The van der Waals surface area contributed by atoms with E-state index in [2.05, 4.69) is 27.5 Å². The normalized spacial score (nSPS) is 11.9. The summed E-state index contributed by atoms with van der Waals surface area (Å²) < 4.78 is 5.45. The van der Waals surface area contributed by atoms with Gasteiger partial charge in [-0.1, -0.05) is 12.1 Å². The van der Waals surface area contributed by atoms with Gasteiger partial charge in [0.1, 0.15) is 5.76 Å². The lowest BCUT2D eigenvalue weighted by Gasteiger charge is -2.14. The van der Waals surface area contributed by atoms with Crippen molar-refractivity contribution in [2.24, 2.45) is 0 Å². The van der Waals surface area contributed by atoms with Crippen molar-refractivity contribution in [3.05, 3.63) is 77.8 Å². The van der Waals surface area contributed by atoms with E-state index in [0.29, 0.717) is 18.0 Å². The zero-order chi connectivity index (χ0) is 17.6. The van der Waals surface area contributed by atoms with Crippen molar-refractivity contribution in [3.8, 4) is 0 Å². The van der Waals surface area contributed by atoms with E-state index in [4.69, 9.17) is 4.42 Å². The van der Waals surface area contributed by atoms with Crippen LogP contribution in [0.4, 0.5) is 5.69 Å². The third-order valence-electron chi connectivity index (χ3n) is 3.84. The summed E-state index contributed by atoms with van der Waals surface area (Å²) >= 11 is 0. The Morgan fingerprint density at radius 3 is 2.52 bits per heavy atom. The van der Waals surface area contributed by atoms with Crippen LogP contribution in [0, 0.1) is 6.92 Å². The molecule has 1 aromatic carbocycles. The van der Waals surface area contributed by atoms with E-state index in [0.717, 1.165) is 17.0 Å². The van der Waals surface area contributed by atoms with Crippen LogP contribution in [-0.2, 0) is 6.54 Å². The van der Waals surface area contributed by atoms with Crippen LogP contribution in [0.15, 0.2) is 59.4 Å². The summed E-state index contributed by atoms with van der Waals surface area (Å²) in [6.45, 7) is 4.51. The molecule has 3 aromatic rings. The molecule has 1 atom stereocenters. The molecule has 2 heterocycles. The maximum absolute atomic E-state index is 12.1. The van der Waals surface area contributed by atoms with Crippen molar-refractivity contribution in [1.82, 2.24) is 15.3 Å². The Balaban J connectivity index is 1.57. The molecule has 3 rings (SSSR count). The van der Waals surface area contributed by atoms with Crippen LogP contribution in [0.1, 0.15) is 40.5 Å². The smallest absolute Gasteiger partial charge is 0.255 e. The topological polar surface area (TPSA) is 80.0 Å². The first-order chi connectivity index (χ1) is 12.1. The number of aryl methyl sites for hydroxylation is 1. The summed E-state index contributed by atoms with van der Waals surface area (Å²) in [5.74, 6) is 1.32. The number of hydrogen-bond acceptors (Lipinski definition) is 5. The van der Waals surface area contributed by atoms with Gasteiger partial charge in [-0.2, -0.15) is 0 Å². The molecule has 0 radical (unpaired) electrons. The van der Waals surface area contributed by atoms with E-state index in [-0.39, 0.29) is 11.9 Å². The molecule has 0 aliphatic carbocycles. The second-order valence-electron chi connectivity index (χ2n) is 5.78. The predicted molar refractivity (Wildman–Crippen MR) is 95.1 cm³/mol. The van der Waals surface area contributed by atoms with E-state index in [1.54, 1.807) is 30.7 Å². The fraction of sp³-hybridized carbons (Fsp3) is 0.211. The molecule has 0 spiro atoms. The van der Waals surface area contributed by atoms with Gasteiger partial charge in [-0.05, 0) is 43.7 Å². The molecular weight excluding hydrogens is 316 g/mol. The van der Waals surface area contributed by atoms with Gasteiger partial charge in [-0.3, -0.25) is 9.78 Å². The maximum atomic E-state index is 12.1. The van der Waals surface area contributed by atoms with E-state index in [9.17, 15) is 4.79 Å². The number of pyridine rings is 1. The second-order valence-corrected chi connectivity index (χ2v) is 5.78. The van der Waals surface area contributed by atoms with Gasteiger partial charge in [0.05, 0.1) is 12.7 Å². The van der Waals surface area contributed by atoms with Crippen LogP contribution < -0.4 is 10.6 Å². The minimum atomic E-state index is -0.152. The van der Waals surface area contributed by atoms with Crippen molar-refractivity contribution in [3.63, 3.8) is 0 Å². The first kappa shape index (κ1) is 16.9. The van der Waals surface area contributed by atoms with Crippen LogP contribution >= 0.6 is 0 Å². The molecule has 0 aliphatic heterocycles. The van der Waals surface area contributed by atoms with E-state index in [1.165, 1.54) is 0 Å². The summed E-state index contributed by atoms with van der Waals surface area (Å²) in [6.07, 6.45) is 4.91. The van der Waals surface area contributed by atoms with E-state index in [1.807, 2.05) is 31.2 Å². The molecule has 0 fully saturated rings. The molecule has 6 nitrogen and oxygen atoms in total. The van der Waals surface area contributed by atoms with Crippen LogP contribution in [0.25, 0.3) is 0 Å². The lowest BCUT2D eigenvalue weighted by atomic mass is 10.1. The quantitative estimate of drug-likeness (QED) is 0.720. The van der Waals surface area contributed by atoms with Crippen LogP contribution in [0.2, 0.25) is 0 Å². The van der Waals surface area contributed by atoms with Gasteiger partial charge in [0, 0.05) is 29.7 Å². The van der Waals surface area contributed by atoms with Gasteiger partial charge in [-0.25, -0.2) is 4.98 Å². The Bertz CT molecular complexity index is 828. The first-order valence-corrected chi connectivity index (χ1v) is 8.08. The van der Waals surface area contributed by atoms with Crippen molar-refractivity contribution >= 4 is 11.6 Å². The van der Waals surface area contributed by atoms with Crippen molar-refractivity contribution in [1.29, 1.82) is 0 Å². The molecule has 128 valence electrons. The molecule has 0 saturated heterocycles. The number of anilines is 1. The number of rotatable bonds is 6. The molecule has 2 N–H and O–H groups in total. The van der Waals surface area contributed by atoms with Crippen LogP contribution in [0.3, 0.4) is 0 Å². The molecule has 0 unspecified atom stereocenters. The van der Waals surface area contributed by atoms with Crippen molar-refractivity contribution < 1.29 is 9.21 Å². The van der Waals surface area contributed by atoms with Gasteiger partial charge in [0.25, 0.3) is 5.91 Å². The standard InChI is InChI=1S/C19H20N4O2/c1-13-11-22-18(25-13)12-21-14(2)15-3-5-17(6-4-15)23-19(24)16-7-9-20-10-8-16/h3-11,14,21H,12H2,1-2H3,(H,23,24)/t14-/m1/s1. The van der Waals surface area contributed by atoms with Gasteiger partial charge in [0.2, 0.25) is 5.89 Å². The number of carbonyl (C=O) groups excluding carboxylic acids is 1. The molecule has 25 heavy (non-hydrogen) atoms. The average Bonchev–Trinajstić information content (AvgIpc) is 3.06. The summed E-state index contributed by atoms with van der Waals surface area (Å²) in [5, 5.41) is 6.24. The minimum absolute atomic E-state index is 0.136. The molecule has 0 aliphatic rings. The van der Waals surface area contributed by atoms with Gasteiger partial charge >= 0.3 is 0 Å². The number of oxazole rings is 1. The maximum Gasteiger partial charge on any atom is 0.255 e. The zero-order valence-electron chi connectivity index (χ0n) is 14.2. The Morgan fingerprint density at radius 1 is 1.16 bits per heavy atom. The SMILES string of the molecule is Cc1cnc(CN[C@H](C)c2ccc(NC(=O)c3ccncc3)cc2)o1. The molecule has 0 saturated carbocycles. The van der Waals surface area contributed by atoms with Crippen LogP contribution in [0.5, 0.6) is 0 Å².